The first-order valence-electron chi connectivity index (χ1n) is 29.2. The van der Waals surface area contributed by atoms with Crippen molar-refractivity contribution in [1.29, 1.82) is 0 Å². The smallest absolute Gasteiger partial charge is 0.309 e. The molecule has 16 unspecified atom stereocenters. The van der Waals surface area contributed by atoms with E-state index in [0.717, 1.165) is 103 Å². The van der Waals surface area contributed by atoms with Gasteiger partial charge in [-0.3, -0.25) is 38.6 Å². The van der Waals surface area contributed by atoms with E-state index in [1.807, 2.05) is 6.92 Å². The predicted molar refractivity (Wildman–Crippen MR) is 283 cm³/mol. The first-order chi connectivity index (χ1) is 35.5. The van der Waals surface area contributed by atoms with Gasteiger partial charge in [0.2, 0.25) is 0 Å². The molecule has 8 fully saturated rings. The molecule has 0 saturated heterocycles. The Labute approximate surface area is 436 Å². The second-order valence-electron chi connectivity index (χ2n) is 24.1. The molecule has 10 heteroatoms. The molecule has 4 amide bonds. The Hall–Kier alpha value is -4.60. The Morgan fingerprint density at radius 2 is 0.973 bits per heavy atom. The summed E-state index contributed by atoms with van der Waals surface area (Å²) in [4.78, 5) is 68.4. The molecule has 0 aromatic carbocycles. The molecule has 15 rings (SSSR count). The molecule has 0 spiro atoms. The highest BCUT2D eigenvalue weighted by molar-refractivity contribution is 6.13. The number of esters is 2. The molecule has 10 nitrogen and oxygen atoms in total. The minimum absolute atomic E-state index is 0.00866. The highest BCUT2D eigenvalue weighted by Gasteiger charge is 2.57. The number of hydrogen-bond acceptors (Lipinski definition) is 8. The van der Waals surface area contributed by atoms with Crippen LogP contribution in [0.15, 0.2) is 85.1 Å². The zero-order valence-corrected chi connectivity index (χ0v) is 44.3. The van der Waals surface area contributed by atoms with Gasteiger partial charge in [-0.05, 0) is 212 Å². The molecular weight excluding hydrogens is 913 g/mol. The van der Waals surface area contributed by atoms with Gasteiger partial charge in [0.05, 0.1) is 25.6 Å². The Morgan fingerprint density at radius 3 is 1.38 bits per heavy atom. The molecule has 73 heavy (non-hydrogen) atoms. The quantitative estimate of drug-likeness (QED) is 0.118. The minimum Gasteiger partial charge on any atom is -0.469 e. The molecule has 0 aromatic rings. The predicted octanol–water partition coefficient (Wildman–Crippen LogP) is 11.9. The maximum Gasteiger partial charge on any atom is 0.309 e. The van der Waals surface area contributed by atoms with E-state index in [2.05, 4.69) is 60.8 Å². The van der Waals surface area contributed by atoms with Gasteiger partial charge in [-0.25, -0.2) is 0 Å². The van der Waals surface area contributed by atoms with Crippen LogP contribution in [0.5, 0.6) is 0 Å². The average Bonchev–Trinajstić information content (AvgIpc) is 4.28. The van der Waals surface area contributed by atoms with Gasteiger partial charge in [0.1, 0.15) is 0 Å². The van der Waals surface area contributed by atoms with Gasteiger partial charge in [0.15, 0.2) is 0 Å². The number of likely N-dealkylation sites (N-methyl/N-ethyl adjacent to an activating group) is 1. The lowest BCUT2D eigenvalue weighted by Crippen LogP contribution is -2.41. The van der Waals surface area contributed by atoms with Crippen molar-refractivity contribution in [2.24, 2.45) is 94.7 Å². The summed E-state index contributed by atoms with van der Waals surface area (Å²) < 4.78 is 9.72. The Bertz CT molecular complexity index is 2120. The van der Waals surface area contributed by atoms with Crippen LogP contribution in [-0.4, -0.2) is 72.2 Å². The third kappa shape index (κ3) is 12.4. The van der Waals surface area contributed by atoms with Crippen LogP contribution in [0.1, 0.15) is 148 Å². The van der Waals surface area contributed by atoms with Crippen LogP contribution in [0.3, 0.4) is 0 Å². The first kappa shape index (κ1) is 53.2. The Kier molecular flexibility index (Phi) is 18.1. The summed E-state index contributed by atoms with van der Waals surface area (Å²) in [5, 5.41) is 0. The summed E-state index contributed by atoms with van der Waals surface area (Å²) in [5.41, 5.74) is 0. The minimum atomic E-state index is -0.241. The highest BCUT2D eigenvalue weighted by atomic mass is 16.5. The van der Waals surface area contributed by atoms with Crippen molar-refractivity contribution in [1.82, 2.24) is 9.80 Å². The number of ether oxygens (including phenoxy) is 2. The van der Waals surface area contributed by atoms with Crippen LogP contribution in [0.25, 0.3) is 0 Å². The fraction of sp³-hybridized carbons (Fsp3) is 0.683. The Balaban J connectivity index is 0.000000106. The molecule has 0 N–H and O–H groups in total. The molecule has 0 aromatic heterocycles. The van der Waals surface area contributed by atoms with Crippen molar-refractivity contribution in [3.05, 3.63) is 85.1 Å². The number of amides is 4. The highest BCUT2D eigenvalue weighted by Crippen LogP contribution is 2.65. The molecule has 396 valence electrons. The van der Waals surface area contributed by atoms with Crippen molar-refractivity contribution in [3.63, 3.8) is 0 Å². The normalized spacial score (nSPS) is 38.8. The van der Waals surface area contributed by atoms with Gasteiger partial charge in [-0.15, -0.1) is 0 Å². The van der Waals surface area contributed by atoms with Gasteiger partial charge in [-0.1, -0.05) is 80.0 Å². The van der Waals surface area contributed by atoms with Crippen LogP contribution >= 0.6 is 0 Å². The summed E-state index contributed by atoms with van der Waals surface area (Å²) in [5.74, 6) is 13.0. The van der Waals surface area contributed by atoms with Crippen LogP contribution in [0, 0.1) is 94.7 Å². The van der Waals surface area contributed by atoms with E-state index in [0.29, 0.717) is 30.3 Å². The van der Waals surface area contributed by atoms with E-state index in [-0.39, 0.29) is 53.4 Å². The van der Waals surface area contributed by atoms with Crippen molar-refractivity contribution in [2.75, 3.05) is 20.8 Å². The molecule has 16 atom stereocenters. The van der Waals surface area contributed by atoms with Crippen molar-refractivity contribution in [2.45, 2.75) is 154 Å². The van der Waals surface area contributed by atoms with Crippen LogP contribution in [0.2, 0.25) is 0 Å². The number of carbonyl (C=O) groups is 6. The first-order valence-corrected chi connectivity index (χ1v) is 29.2. The third-order valence-corrected chi connectivity index (χ3v) is 20.1. The van der Waals surface area contributed by atoms with Gasteiger partial charge in [0.25, 0.3) is 23.6 Å². The second-order valence-corrected chi connectivity index (χ2v) is 24.1. The fourth-order valence-corrected chi connectivity index (χ4v) is 16.6. The van der Waals surface area contributed by atoms with E-state index < -0.39 is 0 Å². The van der Waals surface area contributed by atoms with E-state index in [1.165, 1.54) is 108 Å². The average molecular weight is 999 g/mol. The lowest BCUT2D eigenvalue weighted by atomic mass is 9.73. The molecule has 0 radical (unpaired) electrons. The van der Waals surface area contributed by atoms with E-state index in [1.54, 1.807) is 38.5 Å². The number of nitrogens with zero attached hydrogens (tertiary/aromatic N) is 2. The lowest BCUT2D eigenvalue weighted by molar-refractivity contribution is -0.149. The number of imide groups is 2. The maximum absolute atomic E-state index is 11.4. The molecule has 13 aliphatic carbocycles. The van der Waals surface area contributed by atoms with Gasteiger partial charge in [0, 0.05) is 37.4 Å². The zero-order chi connectivity index (χ0) is 51.0. The monoisotopic (exact) mass is 999 g/mol. The summed E-state index contributed by atoms with van der Waals surface area (Å²) in [6.07, 6.45) is 57.6. The molecule has 15 aliphatic rings. The van der Waals surface area contributed by atoms with Crippen LogP contribution in [-0.2, 0) is 38.2 Å². The number of hydrogen-bond donors (Lipinski definition) is 0. The van der Waals surface area contributed by atoms with Crippen LogP contribution < -0.4 is 0 Å². The summed E-state index contributed by atoms with van der Waals surface area (Å²) in [6.45, 7) is 2.37. The van der Waals surface area contributed by atoms with Crippen molar-refractivity contribution in [3.8, 4) is 0 Å². The summed E-state index contributed by atoms with van der Waals surface area (Å²) >= 11 is 0. The SMILES string of the molecule is C1=CC2CC1C1C3CCC(C3)C21.C1=CCC2C3CCC(C3)C2C1.C1=CCCCC1.CCOC(=O)C1CC2C=CC1C2.CN1C(=O)C=CC1=O.COC(=O)C1CC2C=CC1C2.O=C1C=CC(=O)N1C1CCCCC1. The Morgan fingerprint density at radius 1 is 0.507 bits per heavy atom. The third-order valence-electron chi connectivity index (χ3n) is 20.1. The van der Waals surface area contributed by atoms with E-state index in [4.69, 9.17) is 9.47 Å². The molecule has 2 aliphatic heterocycles. The van der Waals surface area contributed by atoms with Gasteiger partial charge in [-0.2, -0.15) is 0 Å². The lowest BCUT2D eigenvalue weighted by Gasteiger charge is -2.32. The fourth-order valence-electron chi connectivity index (χ4n) is 16.6. The molecule has 2 heterocycles. The summed E-state index contributed by atoms with van der Waals surface area (Å²) in [7, 11) is 2.92. The number of rotatable bonds is 4. The standard InChI is InChI=1S/C12H16.C11H16.C10H13NO2.C10H14O2.C9H12O2.C6H10.C5H5NO2/c1-2-8-5-7(1)11-9-3-4-10(6-9)12(8)11;1-2-4-11-9-6-5-8(7-9)10(11)3-1;12-9-6-7-10(13)11(9)8-4-2-1-3-5-8;1-2-12-10(11)9-6-7-3-4-8(9)5-7;1-11-9(10)8-5-6-2-3-7(8)4-6;1-2-4-6-5-3-1;1-6-4(7)2-3-5(6)8/h1-2,7-12H,3-6H2;1-2,8-11H,3-7H2;6-8H,1-5H2;3-4,7-9H,2,5-6H2,1H3;2-3,6-8H,4-5H2,1H3;1-2H,3-6H2;2-3H,1H3. The number of carbonyl (C=O) groups excluding carboxylic acids is 6. The molecule has 8 saturated carbocycles. The van der Waals surface area contributed by atoms with Gasteiger partial charge < -0.3 is 9.47 Å². The molecular formula is C63H86N2O8. The zero-order valence-electron chi connectivity index (χ0n) is 44.3. The maximum atomic E-state index is 11.4. The van der Waals surface area contributed by atoms with E-state index >= 15 is 0 Å². The largest absolute Gasteiger partial charge is 0.469 e. The molecule has 10 bridgehead atoms. The van der Waals surface area contributed by atoms with Crippen molar-refractivity contribution >= 4 is 35.6 Å². The topological polar surface area (TPSA) is 127 Å². The number of methoxy groups -OCH3 is 1. The number of fused-ring (bicyclic) bond motifs is 18. The van der Waals surface area contributed by atoms with Crippen molar-refractivity contribution < 1.29 is 38.2 Å². The number of allylic oxidation sites excluding steroid dienone is 10. The second kappa shape index (κ2) is 24.8. The summed E-state index contributed by atoms with van der Waals surface area (Å²) in [6, 6.07) is 0.170. The van der Waals surface area contributed by atoms with Crippen LogP contribution in [0.4, 0.5) is 0 Å². The van der Waals surface area contributed by atoms with E-state index in [9.17, 15) is 28.8 Å². The van der Waals surface area contributed by atoms with Gasteiger partial charge >= 0.3 is 11.9 Å².